The van der Waals surface area contributed by atoms with Gasteiger partial charge in [0, 0.05) is 76.9 Å². The van der Waals surface area contributed by atoms with E-state index in [1.165, 1.54) is 65.2 Å². The van der Waals surface area contributed by atoms with Crippen molar-refractivity contribution in [3.05, 3.63) is 267 Å². The normalized spacial score (nSPS) is 15.0. The molecule has 0 fully saturated rings. The summed E-state index contributed by atoms with van der Waals surface area (Å²) in [6, 6.07) is 89.8. The number of rotatable bonds is 7. The van der Waals surface area contributed by atoms with Crippen molar-refractivity contribution in [3.63, 3.8) is 0 Å². The van der Waals surface area contributed by atoms with Crippen molar-refractivity contribution in [1.82, 2.24) is 28.2 Å². The topological polar surface area (TPSA) is 45.5 Å². The maximum Gasteiger partial charge on any atom is 0.0893 e. The van der Waals surface area contributed by atoms with Crippen molar-refractivity contribution in [2.24, 2.45) is 5.92 Å². The van der Waals surface area contributed by atoms with Gasteiger partial charge in [0.15, 0.2) is 0 Å². The summed E-state index contributed by atoms with van der Waals surface area (Å²) in [5.74, 6) is 0.136. The van der Waals surface area contributed by atoms with Gasteiger partial charge in [-0.25, -0.2) is 9.97 Å². The number of para-hydroxylation sites is 8. The Morgan fingerprint density at radius 2 is 0.675 bits per heavy atom. The molecule has 6 nitrogen and oxygen atoms in total. The first kappa shape index (κ1) is 43.4. The zero-order chi connectivity index (χ0) is 50.7. The highest BCUT2D eigenvalue weighted by Gasteiger charge is 2.30. The molecule has 16 rings (SSSR count). The highest BCUT2D eigenvalue weighted by Crippen LogP contribution is 2.46. The Hall–Kier alpha value is -10.0. The summed E-state index contributed by atoms with van der Waals surface area (Å²) >= 11 is 0. The summed E-state index contributed by atoms with van der Waals surface area (Å²) < 4.78 is 9.82. The summed E-state index contributed by atoms with van der Waals surface area (Å²) in [7, 11) is 0. The van der Waals surface area contributed by atoms with Crippen molar-refractivity contribution in [1.29, 1.82) is 0 Å². The molecule has 6 heteroatoms. The number of aromatic nitrogens is 6. The predicted octanol–water partition coefficient (Wildman–Crippen LogP) is 18.0. The smallest absolute Gasteiger partial charge is 0.0893 e. The second-order valence-corrected chi connectivity index (χ2v) is 20.5. The maximum atomic E-state index is 5.66. The molecule has 6 heterocycles. The van der Waals surface area contributed by atoms with Gasteiger partial charge in [-0.1, -0.05) is 171 Å². The van der Waals surface area contributed by atoms with E-state index in [1.54, 1.807) is 0 Å². The lowest BCUT2D eigenvalue weighted by Gasteiger charge is -2.30. The zero-order valence-electron chi connectivity index (χ0n) is 42.2. The van der Waals surface area contributed by atoms with Crippen LogP contribution in [0.1, 0.15) is 18.7 Å². The minimum atomic E-state index is -0.000340. The molecule has 0 bridgehead atoms. The summed E-state index contributed by atoms with van der Waals surface area (Å²) in [6.07, 6.45) is 4.96. The summed E-state index contributed by atoms with van der Waals surface area (Å²) in [4.78, 5) is 11.3. The van der Waals surface area contributed by atoms with Crippen LogP contribution in [0.5, 0.6) is 0 Å². The summed E-state index contributed by atoms with van der Waals surface area (Å²) in [5, 5.41) is 9.85. The molecule has 1 aliphatic carbocycles. The fourth-order valence-corrected chi connectivity index (χ4v) is 12.9. The van der Waals surface area contributed by atoms with Crippen LogP contribution >= 0.6 is 0 Å². The molecule has 6 aromatic heterocycles. The van der Waals surface area contributed by atoms with Crippen LogP contribution in [0.3, 0.4) is 0 Å². The molecule has 2 unspecified atom stereocenters. The molecule has 0 radical (unpaired) electrons. The molecule has 0 N–H and O–H groups in total. The minimum Gasteiger partial charge on any atom is -0.333 e. The van der Waals surface area contributed by atoms with E-state index < -0.39 is 0 Å². The Morgan fingerprint density at radius 3 is 1.14 bits per heavy atom. The van der Waals surface area contributed by atoms with Gasteiger partial charge in [-0.05, 0) is 97.1 Å². The number of pyridine rings is 2. The largest absolute Gasteiger partial charge is 0.333 e. The third-order valence-electron chi connectivity index (χ3n) is 16.3. The van der Waals surface area contributed by atoms with Gasteiger partial charge in [-0.2, -0.15) is 0 Å². The Bertz CT molecular complexity index is 4760. The van der Waals surface area contributed by atoms with Crippen molar-refractivity contribution in [2.75, 3.05) is 0 Å². The van der Waals surface area contributed by atoms with E-state index in [2.05, 4.69) is 286 Å². The van der Waals surface area contributed by atoms with E-state index in [4.69, 9.17) is 9.97 Å². The highest BCUT2D eigenvalue weighted by atomic mass is 15.0. The van der Waals surface area contributed by atoms with E-state index in [0.717, 1.165) is 73.1 Å². The number of allylic oxidation sites excluding steroid dienone is 4. The quantitative estimate of drug-likeness (QED) is 0.160. The molecule has 0 aliphatic heterocycles. The van der Waals surface area contributed by atoms with Crippen molar-refractivity contribution >= 4 is 98.5 Å². The number of fused-ring (bicyclic) bond motifs is 12. The molecule has 0 saturated carbocycles. The van der Waals surface area contributed by atoms with E-state index in [1.807, 2.05) is 0 Å². The molecule has 362 valence electrons. The van der Waals surface area contributed by atoms with Gasteiger partial charge in [0.05, 0.1) is 73.3 Å². The van der Waals surface area contributed by atoms with Gasteiger partial charge < -0.3 is 18.3 Å². The van der Waals surface area contributed by atoms with Gasteiger partial charge in [0.25, 0.3) is 0 Å². The molecular formula is C71H48N6. The molecule has 0 spiro atoms. The Balaban J connectivity index is 0.899. The van der Waals surface area contributed by atoms with Crippen LogP contribution in [0, 0.1) is 5.92 Å². The van der Waals surface area contributed by atoms with Crippen LogP contribution in [0.15, 0.2) is 261 Å². The van der Waals surface area contributed by atoms with Gasteiger partial charge >= 0.3 is 0 Å². The minimum absolute atomic E-state index is 0.000340. The number of hydrogen-bond donors (Lipinski definition) is 0. The Morgan fingerprint density at radius 1 is 0.312 bits per heavy atom. The predicted molar refractivity (Wildman–Crippen MR) is 321 cm³/mol. The Labute approximate surface area is 444 Å². The lowest BCUT2D eigenvalue weighted by atomic mass is 9.88. The number of nitrogens with zero attached hydrogens (tertiary/aromatic N) is 6. The molecular weight excluding hydrogens is 937 g/mol. The van der Waals surface area contributed by atoms with Crippen molar-refractivity contribution < 1.29 is 0 Å². The third-order valence-corrected chi connectivity index (χ3v) is 16.3. The summed E-state index contributed by atoms with van der Waals surface area (Å²) in [5.41, 5.74) is 18.1. The van der Waals surface area contributed by atoms with Crippen LogP contribution in [0.25, 0.3) is 133 Å². The molecule has 0 saturated heterocycles. The van der Waals surface area contributed by atoms with Crippen molar-refractivity contribution in [2.45, 2.75) is 13.0 Å². The zero-order valence-corrected chi connectivity index (χ0v) is 42.2. The number of benzene rings is 9. The molecule has 9 aromatic carbocycles. The second kappa shape index (κ2) is 17.0. The molecule has 77 heavy (non-hydrogen) atoms. The maximum absolute atomic E-state index is 5.66. The third kappa shape index (κ3) is 6.55. The fraction of sp³-hybridized carbons (Fsp3) is 0.0423. The molecule has 1 aliphatic rings. The first-order valence-electron chi connectivity index (χ1n) is 26.6. The monoisotopic (exact) mass is 984 g/mol. The van der Waals surface area contributed by atoms with E-state index in [9.17, 15) is 0 Å². The van der Waals surface area contributed by atoms with Gasteiger partial charge in [-0.15, -0.1) is 0 Å². The standard InChI is InChI=1S/C71H48N6/c1-45-42-71(77-67-38-16-8-26-53(67)54-27-9-17-39-68(54)77)56(44-70(45)76-65-36-14-6-24-51(65)52-25-7-15-37-66(52)76)58-29-19-31-60(73-58)59-30-18-28-57(72-59)55-43-46(74-61-32-10-2-20-47(61)48-21-3-11-33-62(48)74)40-41-69(55)75-63-34-12-4-22-49(63)50-23-5-13-35-64(50)75/h2-45,70H,1H3. The van der Waals surface area contributed by atoms with Gasteiger partial charge in [-0.3, -0.25) is 0 Å². The van der Waals surface area contributed by atoms with Crippen LogP contribution in [0.4, 0.5) is 0 Å². The number of hydrogen-bond acceptors (Lipinski definition) is 2. The molecule has 15 aromatic rings. The SMILES string of the molecule is CC1C=C(n2c3ccccc3c3ccccc32)C(c2cccc(-c3cccc(-c4cc(-n5c6ccccc6c6ccccc65)ccc4-n4c5ccccc5c5ccccc54)n3)n2)=CC1n1c2ccccc2c2ccccc21. The molecule has 0 amide bonds. The van der Waals surface area contributed by atoms with E-state index >= 15 is 0 Å². The van der Waals surface area contributed by atoms with E-state index in [-0.39, 0.29) is 12.0 Å². The average molecular weight is 985 g/mol. The average Bonchev–Trinajstić information content (AvgIpc) is 4.24. The lowest BCUT2D eigenvalue weighted by molar-refractivity contribution is 0.512. The van der Waals surface area contributed by atoms with Crippen molar-refractivity contribution in [3.8, 4) is 34.0 Å². The van der Waals surface area contributed by atoms with E-state index in [0.29, 0.717) is 0 Å². The van der Waals surface area contributed by atoms with Crippen LogP contribution < -0.4 is 0 Å². The lowest BCUT2D eigenvalue weighted by Crippen LogP contribution is -2.19. The summed E-state index contributed by atoms with van der Waals surface area (Å²) in [6.45, 7) is 2.36. The van der Waals surface area contributed by atoms with Crippen LogP contribution in [0.2, 0.25) is 0 Å². The molecule has 2 atom stereocenters. The first-order valence-corrected chi connectivity index (χ1v) is 26.6. The van der Waals surface area contributed by atoms with Gasteiger partial charge in [0.1, 0.15) is 0 Å². The first-order chi connectivity index (χ1) is 38.1. The highest BCUT2D eigenvalue weighted by molar-refractivity contribution is 6.15. The Kier molecular flexibility index (Phi) is 9.57. The van der Waals surface area contributed by atoms with Gasteiger partial charge in [0.2, 0.25) is 0 Å². The van der Waals surface area contributed by atoms with Crippen LogP contribution in [-0.2, 0) is 0 Å². The fourth-order valence-electron chi connectivity index (χ4n) is 12.9. The second-order valence-electron chi connectivity index (χ2n) is 20.5. The van der Waals surface area contributed by atoms with Crippen LogP contribution in [-0.4, -0.2) is 28.2 Å².